The van der Waals surface area contributed by atoms with Gasteiger partial charge in [0, 0.05) is 19.3 Å². The van der Waals surface area contributed by atoms with Crippen molar-refractivity contribution >= 4 is 46.6 Å². The summed E-state index contributed by atoms with van der Waals surface area (Å²) in [5.74, 6) is -0.292. The molecule has 2 aromatic carbocycles. The third-order valence-corrected chi connectivity index (χ3v) is 3.67. The van der Waals surface area contributed by atoms with E-state index in [1.165, 1.54) is 12.1 Å². The lowest BCUT2D eigenvalue weighted by Gasteiger charge is -2.11. The van der Waals surface area contributed by atoms with Crippen LogP contribution in [0.5, 0.6) is 0 Å². The van der Waals surface area contributed by atoms with Gasteiger partial charge in [0.2, 0.25) is 0 Å². The predicted octanol–water partition coefficient (Wildman–Crippen LogP) is 5.49. The zero-order valence-electron chi connectivity index (χ0n) is 12.3. The molecule has 0 aliphatic rings. The van der Waals surface area contributed by atoms with Gasteiger partial charge in [-0.15, -0.1) is 0 Å². The molecule has 6 heteroatoms. The van der Waals surface area contributed by atoms with Gasteiger partial charge >= 0.3 is 0 Å². The van der Waals surface area contributed by atoms with Crippen molar-refractivity contribution in [1.82, 2.24) is 4.90 Å². The standard InChI is InChI=1S/C16H16Cl2FN3/c1-3-22(2)10-20-15-8-14(18)16(9-13(15)17)21-12-6-4-11(19)5-7-12/h4-10,21H,3H2,1-2H3. The van der Waals surface area contributed by atoms with E-state index < -0.39 is 0 Å². The Balaban J connectivity index is 2.22. The van der Waals surface area contributed by atoms with Crippen LogP contribution in [0.25, 0.3) is 0 Å². The van der Waals surface area contributed by atoms with Crippen molar-refractivity contribution in [2.24, 2.45) is 4.99 Å². The van der Waals surface area contributed by atoms with E-state index in [2.05, 4.69) is 10.3 Å². The Bertz CT molecular complexity index is 672. The number of hydrogen-bond acceptors (Lipinski definition) is 2. The van der Waals surface area contributed by atoms with Crippen molar-refractivity contribution in [1.29, 1.82) is 0 Å². The highest BCUT2D eigenvalue weighted by Gasteiger charge is 2.07. The number of nitrogens with zero attached hydrogens (tertiary/aromatic N) is 2. The zero-order chi connectivity index (χ0) is 16.1. The molecule has 0 unspecified atom stereocenters. The highest BCUT2D eigenvalue weighted by atomic mass is 35.5. The number of halogens is 3. The van der Waals surface area contributed by atoms with E-state index in [-0.39, 0.29) is 5.82 Å². The monoisotopic (exact) mass is 339 g/mol. The SMILES string of the molecule is CCN(C)C=Nc1cc(Cl)c(Nc2ccc(F)cc2)cc1Cl. The largest absolute Gasteiger partial charge is 0.366 e. The number of anilines is 2. The molecule has 1 N–H and O–H groups in total. The molecule has 0 amide bonds. The summed E-state index contributed by atoms with van der Waals surface area (Å²) in [6.45, 7) is 2.87. The van der Waals surface area contributed by atoms with Crippen LogP contribution in [0, 0.1) is 5.82 Å². The molecule has 0 heterocycles. The number of nitrogens with one attached hydrogen (secondary N) is 1. The maximum absolute atomic E-state index is 12.9. The zero-order valence-corrected chi connectivity index (χ0v) is 13.8. The smallest absolute Gasteiger partial charge is 0.123 e. The highest BCUT2D eigenvalue weighted by Crippen LogP contribution is 2.35. The Kier molecular flexibility index (Phi) is 5.63. The summed E-state index contributed by atoms with van der Waals surface area (Å²) in [5, 5.41) is 4.07. The third kappa shape index (κ3) is 4.36. The summed E-state index contributed by atoms with van der Waals surface area (Å²) in [7, 11) is 1.92. The van der Waals surface area contributed by atoms with Gasteiger partial charge in [-0.25, -0.2) is 9.38 Å². The second kappa shape index (κ2) is 7.47. The Morgan fingerprint density at radius 3 is 2.50 bits per heavy atom. The molecule has 0 aromatic heterocycles. The summed E-state index contributed by atoms with van der Waals surface area (Å²) in [6, 6.07) is 9.39. The minimum absolute atomic E-state index is 0.292. The van der Waals surface area contributed by atoms with Gasteiger partial charge in [0.1, 0.15) is 5.82 Å². The van der Waals surface area contributed by atoms with Crippen LogP contribution in [-0.2, 0) is 0 Å². The second-order valence-electron chi connectivity index (χ2n) is 4.73. The Morgan fingerprint density at radius 1 is 1.18 bits per heavy atom. The van der Waals surface area contributed by atoms with Gasteiger partial charge in [-0.1, -0.05) is 23.2 Å². The topological polar surface area (TPSA) is 27.6 Å². The summed E-state index contributed by atoms with van der Waals surface area (Å²) in [5.41, 5.74) is 1.96. The molecule has 116 valence electrons. The minimum Gasteiger partial charge on any atom is -0.366 e. The molecule has 0 atom stereocenters. The van der Waals surface area contributed by atoms with Crippen molar-refractivity contribution in [2.45, 2.75) is 6.92 Å². The van der Waals surface area contributed by atoms with Crippen molar-refractivity contribution in [3.63, 3.8) is 0 Å². The molecule has 0 fully saturated rings. The number of hydrogen-bond donors (Lipinski definition) is 1. The first-order valence-electron chi connectivity index (χ1n) is 6.75. The van der Waals surface area contributed by atoms with E-state index in [9.17, 15) is 4.39 Å². The fourth-order valence-electron chi connectivity index (χ4n) is 1.66. The van der Waals surface area contributed by atoms with Crippen LogP contribution in [-0.4, -0.2) is 24.8 Å². The minimum atomic E-state index is -0.292. The first-order valence-corrected chi connectivity index (χ1v) is 7.51. The van der Waals surface area contributed by atoms with Gasteiger partial charge in [0.05, 0.1) is 27.8 Å². The van der Waals surface area contributed by atoms with Crippen LogP contribution < -0.4 is 5.32 Å². The lowest BCUT2D eigenvalue weighted by Crippen LogP contribution is -2.14. The molecule has 0 aliphatic carbocycles. The molecule has 3 nitrogen and oxygen atoms in total. The average molecular weight is 340 g/mol. The van der Waals surface area contributed by atoms with Crippen molar-refractivity contribution < 1.29 is 4.39 Å². The second-order valence-corrected chi connectivity index (χ2v) is 5.55. The van der Waals surface area contributed by atoms with Gasteiger partial charge in [0.15, 0.2) is 0 Å². The van der Waals surface area contributed by atoms with E-state index in [1.54, 1.807) is 30.6 Å². The van der Waals surface area contributed by atoms with Gasteiger partial charge in [0.25, 0.3) is 0 Å². The maximum atomic E-state index is 12.9. The van der Waals surface area contributed by atoms with Crippen molar-refractivity contribution in [3.05, 3.63) is 52.3 Å². The summed E-state index contributed by atoms with van der Waals surface area (Å²) >= 11 is 12.5. The lowest BCUT2D eigenvalue weighted by molar-refractivity contribution is 0.552. The van der Waals surface area contributed by atoms with E-state index >= 15 is 0 Å². The van der Waals surface area contributed by atoms with Crippen LogP contribution in [0.1, 0.15) is 6.92 Å². The quantitative estimate of drug-likeness (QED) is 0.576. The highest BCUT2D eigenvalue weighted by molar-refractivity contribution is 6.37. The normalized spacial score (nSPS) is 11.0. The van der Waals surface area contributed by atoms with Gasteiger partial charge in [-0.05, 0) is 43.3 Å². The number of benzene rings is 2. The van der Waals surface area contributed by atoms with Crippen LogP contribution >= 0.6 is 23.2 Å². The van der Waals surface area contributed by atoms with E-state index in [4.69, 9.17) is 23.2 Å². The third-order valence-electron chi connectivity index (χ3n) is 3.05. The van der Waals surface area contributed by atoms with E-state index in [0.717, 1.165) is 12.2 Å². The lowest BCUT2D eigenvalue weighted by atomic mass is 10.2. The average Bonchev–Trinajstić information content (AvgIpc) is 2.51. The van der Waals surface area contributed by atoms with Crippen molar-refractivity contribution in [2.75, 3.05) is 18.9 Å². The molecule has 0 aliphatic heterocycles. The van der Waals surface area contributed by atoms with Gasteiger partial charge in [-0.2, -0.15) is 0 Å². The van der Waals surface area contributed by atoms with Gasteiger partial charge < -0.3 is 10.2 Å². The summed E-state index contributed by atoms with van der Waals surface area (Å²) in [4.78, 5) is 6.23. The van der Waals surface area contributed by atoms with Crippen LogP contribution in [0.3, 0.4) is 0 Å². The van der Waals surface area contributed by atoms with E-state index in [1.807, 2.05) is 18.9 Å². The van der Waals surface area contributed by atoms with Crippen molar-refractivity contribution in [3.8, 4) is 0 Å². The first kappa shape index (κ1) is 16.6. The van der Waals surface area contributed by atoms with Crippen LogP contribution in [0.4, 0.5) is 21.5 Å². The molecular weight excluding hydrogens is 324 g/mol. The Morgan fingerprint density at radius 2 is 1.86 bits per heavy atom. The van der Waals surface area contributed by atoms with Crippen LogP contribution in [0.15, 0.2) is 41.4 Å². The summed E-state index contributed by atoms with van der Waals surface area (Å²) in [6.07, 6.45) is 1.70. The fraction of sp³-hybridized carbons (Fsp3) is 0.188. The molecule has 0 saturated carbocycles. The molecule has 2 aromatic rings. The number of rotatable bonds is 5. The predicted molar refractivity (Wildman–Crippen MR) is 92.6 cm³/mol. The molecular formula is C16H16Cl2FN3. The fourth-order valence-corrected chi connectivity index (χ4v) is 2.08. The molecule has 22 heavy (non-hydrogen) atoms. The maximum Gasteiger partial charge on any atom is 0.123 e. The Hall–Kier alpha value is -1.78. The van der Waals surface area contributed by atoms with Crippen LogP contribution in [0.2, 0.25) is 10.0 Å². The molecule has 0 spiro atoms. The van der Waals surface area contributed by atoms with Gasteiger partial charge in [-0.3, -0.25) is 0 Å². The number of aliphatic imine (C=N–C) groups is 1. The summed E-state index contributed by atoms with van der Waals surface area (Å²) < 4.78 is 12.9. The molecule has 2 rings (SSSR count). The molecule has 0 bridgehead atoms. The molecule has 0 radical (unpaired) electrons. The van der Waals surface area contributed by atoms with E-state index in [0.29, 0.717) is 21.4 Å². The Labute approximate surface area is 139 Å². The molecule has 0 saturated heterocycles. The first-order chi connectivity index (χ1) is 10.5.